The summed E-state index contributed by atoms with van der Waals surface area (Å²) >= 11 is 5.86. The fourth-order valence-electron chi connectivity index (χ4n) is 3.24. The molecular weight excluding hydrogens is 414 g/mol. The second-order valence-electron chi connectivity index (χ2n) is 7.02. The first kappa shape index (κ1) is 21.1. The number of rotatable bonds is 5. The number of carbonyl (C=O) groups is 2. The van der Waals surface area contributed by atoms with Gasteiger partial charge in [0.05, 0.1) is 11.9 Å². The lowest BCUT2D eigenvalue weighted by molar-refractivity contribution is -0.121. The zero-order chi connectivity index (χ0) is 21.0. The number of nitrogens with zero attached hydrogens (tertiary/aromatic N) is 1. The van der Waals surface area contributed by atoms with Crippen LogP contribution in [0.3, 0.4) is 0 Å². The molecule has 1 fully saturated rings. The summed E-state index contributed by atoms with van der Waals surface area (Å²) in [6.45, 7) is 0.991. The van der Waals surface area contributed by atoms with E-state index in [0.29, 0.717) is 47.9 Å². The number of piperidine rings is 1. The van der Waals surface area contributed by atoms with E-state index in [4.69, 9.17) is 11.6 Å². The van der Waals surface area contributed by atoms with Gasteiger partial charge in [-0.3, -0.25) is 14.3 Å². The number of nitrogens with one attached hydrogen (secondary N) is 2. The van der Waals surface area contributed by atoms with Crippen LogP contribution in [-0.2, 0) is 14.8 Å². The van der Waals surface area contributed by atoms with Crippen molar-refractivity contribution in [3.05, 3.63) is 59.1 Å². The molecule has 2 N–H and O–H groups in total. The van der Waals surface area contributed by atoms with Crippen LogP contribution in [0.25, 0.3) is 0 Å². The molecule has 1 aliphatic rings. The van der Waals surface area contributed by atoms with Crippen molar-refractivity contribution in [2.75, 3.05) is 29.4 Å². The van der Waals surface area contributed by atoms with Gasteiger partial charge in [0.25, 0.3) is 5.91 Å². The fourth-order valence-corrected chi connectivity index (χ4v) is 3.92. The van der Waals surface area contributed by atoms with Crippen molar-refractivity contribution in [2.24, 2.45) is 5.92 Å². The second kappa shape index (κ2) is 8.84. The standard InChI is InChI=1S/C20H22ClN3O4S/c1-29(27,28)23-18-4-2-3-17(13-18)22-19(25)14-9-11-24(12-10-14)20(26)15-5-7-16(21)8-6-15/h2-8,13-14,23H,9-12H2,1H3,(H,22,25). The Bertz CT molecular complexity index is 1000. The summed E-state index contributed by atoms with van der Waals surface area (Å²) in [6, 6.07) is 13.3. The third-order valence-corrected chi connectivity index (χ3v) is 5.54. The van der Waals surface area contributed by atoms with Gasteiger partial charge < -0.3 is 10.2 Å². The highest BCUT2D eigenvalue weighted by Gasteiger charge is 2.28. The van der Waals surface area contributed by atoms with Gasteiger partial charge >= 0.3 is 0 Å². The molecule has 1 heterocycles. The van der Waals surface area contributed by atoms with Crippen LogP contribution in [-0.4, -0.2) is 44.5 Å². The number of likely N-dealkylation sites (tertiary alicyclic amines) is 1. The number of amides is 2. The van der Waals surface area contributed by atoms with Gasteiger partial charge in [-0.25, -0.2) is 8.42 Å². The Hall–Kier alpha value is -2.58. The van der Waals surface area contributed by atoms with Gasteiger partial charge in [-0.05, 0) is 55.3 Å². The predicted octanol–water partition coefficient (Wildman–Crippen LogP) is 3.20. The van der Waals surface area contributed by atoms with E-state index in [1.165, 1.54) is 0 Å². The van der Waals surface area contributed by atoms with Gasteiger partial charge in [-0.2, -0.15) is 0 Å². The largest absolute Gasteiger partial charge is 0.339 e. The Morgan fingerprint density at radius 2 is 1.66 bits per heavy atom. The summed E-state index contributed by atoms with van der Waals surface area (Å²) in [7, 11) is -3.39. The summed E-state index contributed by atoms with van der Waals surface area (Å²) in [6.07, 6.45) is 2.19. The Morgan fingerprint density at radius 3 is 2.28 bits per heavy atom. The molecule has 0 aromatic heterocycles. The topological polar surface area (TPSA) is 95.6 Å². The smallest absolute Gasteiger partial charge is 0.253 e. The highest BCUT2D eigenvalue weighted by atomic mass is 35.5. The van der Waals surface area contributed by atoms with Gasteiger partial charge in [-0.15, -0.1) is 0 Å². The molecule has 7 nitrogen and oxygen atoms in total. The Balaban J connectivity index is 1.56. The lowest BCUT2D eigenvalue weighted by Crippen LogP contribution is -2.41. The first-order valence-electron chi connectivity index (χ1n) is 9.15. The number of sulfonamides is 1. The number of halogens is 1. The van der Waals surface area contributed by atoms with Crippen LogP contribution < -0.4 is 10.0 Å². The Labute approximate surface area is 175 Å². The minimum atomic E-state index is -3.39. The maximum Gasteiger partial charge on any atom is 0.253 e. The van der Waals surface area contributed by atoms with E-state index in [2.05, 4.69) is 10.0 Å². The Kier molecular flexibility index (Phi) is 6.44. The molecule has 9 heteroatoms. The van der Waals surface area contributed by atoms with Crippen molar-refractivity contribution in [3.63, 3.8) is 0 Å². The lowest BCUT2D eigenvalue weighted by Gasteiger charge is -2.31. The number of hydrogen-bond donors (Lipinski definition) is 2. The molecular formula is C20H22ClN3O4S. The second-order valence-corrected chi connectivity index (χ2v) is 9.20. The van der Waals surface area contributed by atoms with Crippen LogP contribution in [0.5, 0.6) is 0 Å². The zero-order valence-corrected chi connectivity index (χ0v) is 17.5. The first-order chi connectivity index (χ1) is 13.7. The molecule has 2 amide bonds. The number of hydrogen-bond acceptors (Lipinski definition) is 4. The quantitative estimate of drug-likeness (QED) is 0.753. The van der Waals surface area contributed by atoms with Gasteiger partial charge in [0, 0.05) is 35.3 Å². The van der Waals surface area contributed by atoms with Crippen molar-refractivity contribution in [2.45, 2.75) is 12.8 Å². The zero-order valence-electron chi connectivity index (χ0n) is 15.9. The van der Waals surface area contributed by atoms with Gasteiger partial charge in [0.1, 0.15) is 0 Å². The molecule has 0 aliphatic carbocycles. The van der Waals surface area contributed by atoms with Gasteiger partial charge in [0.15, 0.2) is 0 Å². The number of benzene rings is 2. The molecule has 29 heavy (non-hydrogen) atoms. The normalized spacial score (nSPS) is 15.0. The summed E-state index contributed by atoms with van der Waals surface area (Å²) in [5.74, 6) is -0.420. The molecule has 0 saturated carbocycles. The molecule has 2 aromatic carbocycles. The molecule has 0 spiro atoms. The third kappa shape index (κ3) is 5.95. The van der Waals surface area contributed by atoms with Crippen LogP contribution in [0.1, 0.15) is 23.2 Å². The number of anilines is 2. The third-order valence-electron chi connectivity index (χ3n) is 4.68. The van der Waals surface area contributed by atoms with Gasteiger partial charge in [-0.1, -0.05) is 17.7 Å². The van der Waals surface area contributed by atoms with Crippen LogP contribution in [0, 0.1) is 5.92 Å². The molecule has 0 atom stereocenters. The van der Waals surface area contributed by atoms with Crippen molar-refractivity contribution in [1.29, 1.82) is 0 Å². The van der Waals surface area contributed by atoms with E-state index in [0.717, 1.165) is 6.26 Å². The first-order valence-corrected chi connectivity index (χ1v) is 11.4. The summed E-state index contributed by atoms with van der Waals surface area (Å²) in [4.78, 5) is 26.9. The van der Waals surface area contributed by atoms with Gasteiger partial charge in [0.2, 0.25) is 15.9 Å². The van der Waals surface area contributed by atoms with Crippen molar-refractivity contribution < 1.29 is 18.0 Å². The molecule has 0 bridgehead atoms. The van der Waals surface area contributed by atoms with E-state index in [1.807, 2.05) is 0 Å². The van der Waals surface area contributed by atoms with E-state index < -0.39 is 10.0 Å². The van der Waals surface area contributed by atoms with Crippen molar-refractivity contribution >= 4 is 44.8 Å². The number of carbonyl (C=O) groups excluding carboxylic acids is 2. The van der Waals surface area contributed by atoms with E-state index in [1.54, 1.807) is 53.4 Å². The van der Waals surface area contributed by atoms with Crippen LogP contribution in [0.15, 0.2) is 48.5 Å². The summed E-state index contributed by atoms with van der Waals surface area (Å²) in [5, 5.41) is 3.40. The minimum absolute atomic E-state index is 0.0694. The highest BCUT2D eigenvalue weighted by molar-refractivity contribution is 7.92. The van der Waals surface area contributed by atoms with Crippen molar-refractivity contribution in [1.82, 2.24) is 4.90 Å². The Morgan fingerprint density at radius 1 is 1.03 bits per heavy atom. The van der Waals surface area contributed by atoms with E-state index in [9.17, 15) is 18.0 Å². The molecule has 1 aliphatic heterocycles. The molecule has 154 valence electrons. The van der Waals surface area contributed by atoms with Crippen LogP contribution >= 0.6 is 11.6 Å². The average Bonchev–Trinajstić information content (AvgIpc) is 2.67. The minimum Gasteiger partial charge on any atom is -0.339 e. The molecule has 2 aromatic rings. The summed E-state index contributed by atoms with van der Waals surface area (Å²) < 4.78 is 25.1. The van der Waals surface area contributed by atoms with Crippen LogP contribution in [0.2, 0.25) is 5.02 Å². The molecule has 0 radical (unpaired) electrons. The SMILES string of the molecule is CS(=O)(=O)Nc1cccc(NC(=O)C2CCN(C(=O)c3ccc(Cl)cc3)CC2)c1. The molecule has 0 unspecified atom stereocenters. The molecule has 1 saturated heterocycles. The predicted molar refractivity (Wildman–Crippen MR) is 114 cm³/mol. The molecule has 3 rings (SSSR count). The van der Waals surface area contributed by atoms with E-state index in [-0.39, 0.29) is 17.7 Å². The lowest BCUT2D eigenvalue weighted by atomic mass is 9.95. The maximum absolute atomic E-state index is 12.6. The monoisotopic (exact) mass is 435 g/mol. The summed E-state index contributed by atoms with van der Waals surface area (Å²) in [5.41, 5.74) is 1.48. The fraction of sp³-hybridized carbons (Fsp3) is 0.300. The van der Waals surface area contributed by atoms with Crippen LogP contribution in [0.4, 0.5) is 11.4 Å². The average molecular weight is 436 g/mol. The van der Waals surface area contributed by atoms with E-state index >= 15 is 0 Å². The maximum atomic E-state index is 12.6. The highest BCUT2D eigenvalue weighted by Crippen LogP contribution is 2.23. The van der Waals surface area contributed by atoms with Crippen molar-refractivity contribution in [3.8, 4) is 0 Å².